The maximum atomic E-state index is 8.22. The number of nitrogens with zero attached hydrogens (tertiary/aromatic N) is 1. The normalized spacial score (nSPS) is 10.8. The van der Waals surface area contributed by atoms with Crippen LogP contribution in [0.25, 0.3) is 10.9 Å². The van der Waals surface area contributed by atoms with Crippen molar-refractivity contribution in [3.63, 3.8) is 0 Å². The Labute approximate surface area is 119 Å². The van der Waals surface area contributed by atoms with Crippen LogP contribution in [0, 0.1) is 5.41 Å². The molecule has 5 heteroatoms. The van der Waals surface area contributed by atoms with Gasteiger partial charge in [-0.25, -0.2) is 0 Å². The van der Waals surface area contributed by atoms with E-state index < -0.39 is 0 Å². The largest absolute Gasteiger partial charge is 0.352 e. The van der Waals surface area contributed by atoms with Gasteiger partial charge in [-0.15, -0.1) is 0 Å². The Kier molecular flexibility index (Phi) is 3.01. The van der Waals surface area contributed by atoms with E-state index in [1.54, 1.807) is 30.6 Å². The van der Waals surface area contributed by atoms with Crippen LogP contribution < -0.4 is 0 Å². The second kappa shape index (κ2) is 4.68. The first-order valence-corrected chi connectivity index (χ1v) is 6.38. The molecule has 19 heavy (non-hydrogen) atoms. The van der Waals surface area contributed by atoms with Gasteiger partial charge in [-0.3, -0.25) is 10.4 Å². The molecule has 3 rings (SSSR count). The number of rotatable bonds is 2. The van der Waals surface area contributed by atoms with Crippen LogP contribution >= 0.6 is 23.2 Å². The van der Waals surface area contributed by atoms with Crippen LogP contribution in [0.2, 0.25) is 10.0 Å². The van der Waals surface area contributed by atoms with E-state index in [1.807, 2.05) is 12.1 Å². The van der Waals surface area contributed by atoms with Gasteiger partial charge in [0, 0.05) is 17.1 Å². The number of halogens is 2. The molecule has 0 saturated heterocycles. The van der Waals surface area contributed by atoms with Gasteiger partial charge in [0.1, 0.15) is 0 Å². The summed E-state index contributed by atoms with van der Waals surface area (Å²) in [5, 5.41) is 10.2. The highest BCUT2D eigenvalue weighted by Gasteiger charge is 2.10. The number of fused-ring (bicyclic) bond motifs is 1. The van der Waals surface area contributed by atoms with Crippen molar-refractivity contribution in [3.8, 4) is 0 Å². The van der Waals surface area contributed by atoms with E-state index in [4.69, 9.17) is 28.6 Å². The molecule has 94 valence electrons. The molecule has 0 radical (unpaired) electrons. The van der Waals surface area contributed by atoms with E-state index in [0.29, 0.717) is 21.3 Å². The van der Waals surface area contributed by atoms with Crippen LogP contribution in [-0.2, 0) is 0 Å². The van der Waals surface area contributed by atoms with Crippen molar-refractivity contribution in [2.24, 2.45) is 0 Å². The molecule has 2 N–H and O–H groups in total. The maximum absolute atomic E-state index is 8.22. The standard InChI is InChI=1S/C14H9Cl2N3/c15-10-2-1-9(5-11(10)16)14(17)12-6-8-3-4-18-7-13(8)19-12/h1-7,17,19H. The molecular weight excluding hydrogens is 281 g/mol. The molecule has 0 aliphatic heterocycles. The number of pyridine rings is 1. The van der Waals surface area contributed by atoms with Gasteiger partial charge >= 0.3 is 0 Å². The van der Waals surface area contributed by atoms with E-state index in [1.165, 1.54) is 0 Å². The van der Waals surface area contributed by atoms with Gasteiger partial charge in [-0.1, -0.05) is 29.3 Å². The maximum Gasteiger partial charge on any atom is 0.0847 e. The molecule has 0 spiro atoms. The summed E-state index contributed by atoms with van der Waals surface area (Å²) in [5.41, 5.74) is 2.72. The molecule has 0 atom stereocenters. The van der Waals surface area contributed by atoms with E-state index in [0.717, 1.165) is 16.6 Å². The highest BCUT2D eigenvalue weighted by molar-refractivity contribution is 6.42. The second-order valence-corrected chi connectivity index (χ2v) is 4.96. The zero-order valence-electron chi connectivity index (χ0n) is 9.74. The molecule has 0 unspecified atom stereocenters. The highest BCUT2D eigenvalue weighted by atomic mass is 35.5. The summed E-state index contributed by atoms with van der Waals surface area (Å²) in [4.78, 5) is 7.21. The number of benzene rings is 1. The van der Waals surface area contributed by atoms with Gasteiger partial charge < -0.3 is 4.98 Å². The lowest BCUT2D eigenvalue weighted by Gasteiger charge is -2.03. The van der Waals surface area contributed by atoms with Crippen LogP contribution in [0.15, 0.2) is 42.7 Å². The van der Waals surface area contributed by atoms with Crippen LogP contribution in [0.3, 0.4) is 0 Å². The monoisotopic (exact) mass is 289 g/mol. The highest BCUT2D eigenvalue weighted by Crippen LogP contribution is 2.24. The number of H-pyrrole nitrogens is 1. The summed E-state index contributed by atoms with van der Waals surface area (Å²) < 4.78 is 0. The molecular formula is C14H9Cl2N3. The molecule has 0 amide bonds. The molecule has 0 aliphatic rings. The molecule has 0 saturated carbocycles. The fourth-order valence-electron chi connectivity index (χ4n) is 1.91. The van der Waals surface area contributed by atoms with Crippen LogP contribution in [0.5, 0.6) is 0 Å². The van der Waals surface area contributed by atoms with Gasteiger partial charge in [0.15, 0.2) is 0 Å². The summed E-state index contributed by atoms with van der Waals surface area (Å²) >= 11 is 11.9. The zero-order chi connectivity index (χ0) is 13.4. The van der Waals surface area contributed by atoms with Crippen molar-refractivity contribution in [3.05, 3.63) is 64.0 Å². The van der Waals surface area contributed by atoms with E-state index in [-0.39, 0.29) is 0 Å². The predicted molar refractivity (Wildman–Crippen MR) is 78.5 cm³/mol. The third-order valence-corrected chi connectivity index (χ3v) is 3.64. The first kappa shape index (κ1) is 12.2. The summed E-state index contributed by atoms with van der Waals surface area (Å²) in [7, 11) is 0. The third kappa shape index (κ3) is 2.23. The number of aromatic nitrogens is 2. The number of hydrogen-bond acceptors (Lipinski definition) is 2. The zero-order valence-corrected chi connectivity index (χ0v) is 11.3. The van der Waals surface area contributed by atoms with Crippen molar-refractivity contribution < 1.29 is 0 Å². The van der Waals surface area contributed by atoms with Crippen molar-refractivity contribution in [2.75, 3.05) is 0 Å². The Morgan fingerprint density at radius 1 is 1.11 bits per heavy atom. The minimum absolute atomic E-state index is 0.370. The van der Waals surface area contributed by atoms with Gasteiger partial charge in [-0.05, 0) is 24.3 Å². The molecule has 0 fully saturated rings. The minimum atomic E-state index is 0.370. The quantitative estimate of drug-likeness (QED) is 0.680. The predicted octanol–water partition coefficient (Wildman–Crippen LogP) is 4.29. The van der Waals surface area contributed by atoms with E-state index >= 15 is 0 Å². The smallest absolute Gasteiger partial charge is 0.0847 e. The molecule has 0 bridgehead atoms. The Morgan fingerprint density at radius 2 is 1.95 bits per heavy atom. The lowest BCUT2D eigenvalue weighted by atomic mass is 10.1. The van der Waals surface area contributed by atoms with Crippen LogP contribution in [-0.4, -0.2) is 15.7 Å². The topological polar surface area (TPSA) is 52.5 Å². The second-order valence-electron chi connectivity index (χ2n) is 4.15. The molecule has 0 aliphatic carbocycles. The lowest BCUT2D eigenvalue weighted by Crippen LogP contribution is -2.01. The number of hydrogen-bond donors (Lipinski definition) is 2. The fraction of sp³-hybridized carbons (Fsp3) is 0. The van der Waals surface area contributed by atoms with Crippen molar-refractivity contribution in [1.29, 1.82) is 5.41 Å². The van der Waals surface area contributed by atoms with Gasteiger partial charge in [0.2, 0.25) is 0 Å². The van der Waals surface area contributed by atoms with Gasteiger partial charge in [0.25, 0.3) is 0 Å². The number of nitrogens with one attached hydrogen (secondary N) is 2. The van der Waals surface area contributed by atoms with Crippen molar-refractivity contribution in [2.45, 2.75) is 0 Å². The molecule has 2 heterocycles. The van der Waals surface area contributed by atoms with Gasteiger partial charge in [0.05, 0.1) is 33.2 Å². The molecule has 3 aromatic rings. The third-order valence-electron chi connectivity index (χ3n) is 2.90. The van der Waals surface area contributed by atoms with Crippen molar-refractivity contribution in [1.82, 2.24) is 9.97 Å². The number of aromatic amines is 1. The molecule has 3 nitrogen and oxygen atoms in total. The van der Waals surface area contributed by atoms with E-state index in [9.17, 15) is 0 Å². The minimum Gasteiger partial charge on any atom is -0.352 e. The van der Waals surface area contributed by atoms with Crippen LogP contribution in [0.4, 0.5) is 0 Å². The van der Waals surface area contributed by atoms with Crippen LogP contribution in [0.1, 0.15) is 11.3 Å². The Bertz CT molecular complexity index is 744. The average Bonchev–Trinajstić information content (AvgIpc) is 2.85. The lowest BCUT2D eigenvalue weighted by molar-refractivity contribution is 1.32. The summed E-state index contributed by atoms with van der Waals surface area (Å²) in [6.07, 6.45) is 3.46. The van der Waals surface area contributed by atoms with Crippen molar-refractivity contribution >= 4 is 39.8 Å². The Morgan fingerprint density at radius 3 is 2.68 bits per heavy atom. The summed E-state index contributed by atoms with van der Waals surface area (Å²) in [5.74, 6) is 0. The summed E-state index contributed by atoms with van der Waals surface area (Å²) in [6.45, 7) is 0. The molecule has 1 aromatic carbocycles. The first-order valence-electron chi connectivity index (χ1n) is 5.62. The first-order chi connectivity index (χ1) is 9.15. The Balaban J connectivity index is 2.05. The van der Waals surface area contributed by atoms with Gasteiger partial charge in [-0.2, -0.15) is 0 Å². The SMILES string of the molecule is N=C(c1ccc(Cl)c(Cl)c1)c1cc2ccncc2[nH]1. The average molecular weight is 290 g/mol. The molecule has 2 aromatic heterocycles. The van der Waals surface area contributed by atoms with E-state index in [2.05, 4.69) is 9.97 Å². The Hall–Kier alpha value is -1.84. The fourth-order valence-corrected chi connectivity index (χ4v) is 2.21. The summed E-state index contributed by atoms with van der Waals surface area (Å²) in [6, 6.07) is 8.98.